The Hall–Kier alpha value is -2.05. The molecule has 2 aromatic carbocycles. The zero-order valence-corrected chi connectivity index (χ0v) is 20.3. The monoisotopic (exact) mass is 446 g/mol. The summed E-state index contributed by atoms with van der Waals surface area (Å²) in [6.07, 6.45) is 0. The molecule has 0 unspecified atom stereocenters. The van der Waals surface area contributed by atoms with Gasteiger partial charge in [0.25, 0.3) is 0 Å². The maximum atomic E-state index is 15.0. The number of rotatable bonds is 8. The van der Waals surface area contributed by atoms with Gasteiger partial charge in [-0.3, -0.25) is 0 Å². The van der Waals surface area contributed by atoms with Gasteiger partial charge in [-0.2, -0.15) is 0 Å². The first-order valence-electron chi connectivity index (χ1n) is 10.5. The van der Waals surface area contributed by atoms with Gasteiger partial charge in [0.2, 0.25) is 0 Å². The van der Waals surface area contributed by atoms with Crippen LogP contribution in [-0.2, 0) is 4.74 Å². The highest BCUT2D eigenvalue weighted by molar-refractivity contribution is 6.90. The van der Waals surface area contributed by atoms with E-state index in [9.17, 15) is 14.4 Å². The number of hydrogen-bond acceptors (Lipinski definition) is 5. The van der Waals surface area contributed by atoms with Gasteiger partial charge in [0.15, 0.2) is 6.79 Å². The molecule has 0 aliphatic carbocycles. The van der Waals surface area contributed by atoms with Gasteiger partial charge in [-0.05, 0) is 34.1 Å². The molecule has 0 spiro atoms. The molecule has 0 saturated carbocycles. The maximum absolute atomic E-state index is 15.0. The smallest absolute Gasteiger partial charge is 0.511 e. The molecule has 0 bridgehead atoms. The molecule has 0 aromatic heterocycles. The van der Waals surface area contributed by atoms with Crippen molar-refractivity contribution in [2.24, 2.45) is 0 Å². The summed E-state index contributed by atoms with van der Waals surface area (Å²) in [7, 11) is -2.68. The van der Waals surface area contributed by atoms with Crippen LogP contribution in [0.3, 0.4) is 0 Å². The number of ether oxygens (including phenoxy) is 2. The fraction of sp³-hybridized carbons (Fsp3) is 0.478. The van der Waals surface area contributed by atoms with Crippen molar-refractivity contribution >= 4 is 26.2 Å². The molecule has 8 heteroatoms. The van der Waals surface area contributed by atoms with Gasteiger partial charge < -0.3 is 24.2 Å². The third-order valence-electron chi connectivity index (χ3n) is 5.85. The number of hydrogen-bond donors (Lipinski definition) is 2. The summed E-state index contributed by atoms with van der Waals surface area (Å²) < 4.78 is 30.6. The summed E-state index contributed by atoms with van der Waals surface area (Å²) in [4.78, 5) is 0. The van der Waals surface area contributed by atoms with Gasteiger partial charge >= 0.3 is 7.32 Å². The van der Waals surface area contributed by atoms with Gasteiger partial charge in [0.05, 0.1) is 5.56 Å². The molecule has 0 aliphatic heterocycles. The Morgan fingerprint density at radius 2 is 1.65 bits per heavy atom. The van der Waals surface area contributed by atoms with E-state index in [0.717, 1.165) is 0 Å². The maximum Gasteiger partial charge on any atom is 0.707 e. The largest absolute Gasteiger partial charge is 0.707 e. The Morgan fingerprint density at radius 1 is 1.03 bits per heavy atom. The Balaban J connectivity index is 2.79. The van der Waals surface area contributed by atoms with Crippen LogP contribution in [0.25, 0.3) is 10.8 Å². The lowest BCUT2D eigenvalue weighted by atomic mass is 10.0. The molecule has 5 nitrogen and oxygen atoms in total. The van der Waals surface area contributed by atoms with Crippen LogP contribution in [0.15, 0.2) is 24.3 Å². The molecule has 0 atom stereocenters. The van der Waals surface area contributed by atoms with Crippen LogP contribution in [0, 0.1) is 17.3 Å². The molecule has 2 rings (SSSR count). The summed E-state index contributed by atoms with van der Waals surface area (Å²) in [5.41, 5.74) is 4.89. The minimum Gasteiger partial charge on any atom is -0.511 e. The van der Waals surface area contributed by atoms with Crippen LogP contribution < -0.4 is 9.39 Å². The molecule has 0 radical (unpaired) electrons. The number of benzene rings is 2. The summed E-state index contributed by atoms with van der Waals surface area (Å²) >= 11 is 0. The van der Waals surface area contributed by atoms with E-state index in [4.69, 9.17) is 14.1 Å². The molecular formula is C23H32BFO5Si. The van der Waals surface area contributed by atoms with Crippen molar-refractivity contribution in [1.82, 2.24) is 0 Å². The quantitative estimate of drug-likeness (QED) is 0.344. The van der Waals surface area contributed by atoms with Crippen molar-refractivity contribution in [3.05, 3.63) is 35.6 Å². The average molecular weight is 446 g/mol. The fourth-order valence-electron chi connectivity index (χ4n) is 4.52. The molecule has 2 aromatic rings. The van der Waals surface area contributed by atoms with Crippen molar-refractivity contribution in [3.63, 3.8) is 0 Å². The Kier molecular flexibility index (Phi) is 8.55. The first kappa shape index (κ1) is 25.2. The third kappa shape index (κ3) is 5.42. The fourth-order valence-corrected chi connectivity index (χ4v) is 9.73. The second-order valence-corrected chi connectivity index (χ2v) is 14.2. The van der Waals surface area contributed by atoms with Gasteiger partial charge in [-0.25, -0.2) is 4.39 Å². The molecule has 0 heterocycles. The minimum absolute atomic E-state index is 0.00572. The van der Waals surface area contributed by atoms with E-state index in [0.29, 0.717) is 33.1 Å². The second kappa shape index (κ2) is 10.5. The predicted octanol–water partition coefficient (Wildman–Crippen LogP) is 4.88. The average Bonchev–Trinajstić information content (AvgIpc) is 2.67. The van der Waals surface area contributed by atoms with Crippen LogP contribution >= 0.6 is 0 Å². The highest BCUT2D eigenvalue weighted by Gasteiger charge is 2.41. The normalized spacial score (nSPS) is 11.8. The number of halogens is 1. The molecule has 2 N–H and O–H groups in total. The van der Waals surface area contributed by atoms with Gasteiger partial charge in [0, 0.05) is 18.6 Å². The van der Waals surface area contributed by atoms with E-state index in [1.54, 1.807) is 12.1 Å². The van der Waals surface area contributed by atoms with E-state index in [1.165, 1.54) is 19.2 Å². The Morgan fingerprint density at radius 3 is 2.16 bits per heavy atom. The molecule has 168 valence electrons. The van der Waals surface area contributed by atoms with E-state index in [2.05, 4.69) is 53.0 Å². The predicted molar refractivity (Wildman–Crippen MR) is 125 cm³/mol. The first-order valence-corrected chi connectivity index (χ1v) is 12.7. The lowest BCUT2D eigenvalue weighted by molar-refractivity contribution is 0.0511. The van der Waals surface area contributed by atoms with Crippen LogP contribution in [0.1, 0.15) is 47.1 Å². The number of fused-ring (bicyclic) bond motifs is 1. The Bertz CT molecular complexity index is 944. The molecule has 0 saturated heterocycles. The van der Waals surface area contributed by atoms with Crippen molar-refractivity contribution in [1.29, 1.82) is 0 Å². The van der Waals surface area contributed by atoms with E-state index in [1.807, 2.05) is 0 Å². The zero-order chi connectivity index (χ0) is 23.3. The second-order valence-electron chi connectivity index (χ2n) is 8.58. The molecular weight excluding hydrogens is 414 g/mol. The molecule has 0 amide bonds. The van der Waals surface area contributed by atoms with Crippen molar-refractivity contribution in [3.8, 4) is 23.0 Å². The first-order chi connectivity index (χ1) is 14.5. The lowest BCUT2D eigenvalue weighted by Gasteiger charge is -2.38. The molecule has 0 fully saturated rings. The zero-order valence-electron chi connectivity index (χ0n) is 19.3. The highest BCUT2D eigenvalue weighted by atomic mass is 28.3. The number of methoxy groups -OCH3 is 1. The Labute approximate surface area is 185 Å². The standard InChI is InChI=1S/C23H32BFO5Si/c1-15(2)31(16(3)4,17(5)6)11-10-20-21(25)9-8-18-12-19(29-14-28-7)13-22(23(18)20)30-24(26)27/h8-9,12-13,15-17,26-27H,14H2,1-7H3. The van der Waals surface area contributed by atoms with Gasteiger partial charge in [0.1, 0.15) is 25.4 Å². The molecule has 0 aliphatic rings. The van der Waals surface area contributed by atoms with Crippen LogP contribution in [0.5, 0.6) is 11.5 Å². The van der Waals surface area contributed by atoms with E-state index >= 15 is 0 Å². The van der Waals surface area contributed by atoms with Crippen LogP contribution in [0.2, 0.25) is 16.6 Å². The van der Waals surface area contributed by atoms with Gasteiger partial charge in [-0.15, -0.1) is 5.54 Å². The van der Waals surface area contributed by atoms with Crippen molar-refractivity contribution in [2.45, 2.75) is 58.2 Å². The van der Waals surface area contributed by atoms with E-state index in [-0.39, 0.29) is 18.1 Å². The summed E-state index contributed by atoms with van der Waals surface area (Å²) in [5.74, 6) is 3.13. The highest BCUT2D eigenvalue weighted by Crippen LogP contribution is 2.41. The van der Waals surface area contributed by atoms with Gasteiger partial charge in [-0.1, -0.05) is 53.5 Å². The van der Waals surface area contributed by atoms with E-state index < -0.39 is 21.2 Å². The van der Waals surface area contributed by atoms with Crippen LogP contribution in [-0.4, -0.2) is 39.3 Å². The van der Waals surface area contributed by atoms with Crippen molar-refractivity contribution < 1.29 is 28.6 Å². The minimum atomic E-state index is -2.11. The SMILES string of the molecule is COCOc1cc(OB(O)O)c2c(C#C[Si](C(C)C)(C(C)C)C(C)C)c(F)ccc2c1. The van der Waals surface area contributed by atoms with Crippen LogP contribution in [0.4, 0.5) is 4.39 Å². The summed E-state index contributed by atoms with van der Waals surface area (Å²) in [6, 6.07) is 6.14. The summed E-state index contributed by atoms with van der Waals surface area (Å²) in [6.45, 7) is 13.2. The van der Waals surface area contributed by atoms with Crippen molar-refractivity contribution in [2.75, 3.05) is 13.9 Å². The lowest BCUT2D eigenvalue weighted by Crippen LogP contribution is -2.43. The topological polar surface area (TPSA) is 68.2 Å². The third-order valence-corrected chi connectivity index (χ3v) is 12.1. The summed E-state index contributed by atoms with van der Waals surface area (Å²) in [5, 5.41) is 19.8. The molecule has 31 heavy (non-hydrogen) atoms.